The SMILES string of the molecule is CC1CC=C(CCC2=CCC(C3OCC(CCC4CCC(C)OC4)CO3)CC2)CC1. The molecule has 2 aliphatic heterocycles. The van der Waals surface area contributed by atoms with E-state index in [0.717, 1.165) is 38.1 Å². The van der Waals surface area contributed by atoms with Gasteiger partial charge in [0, 0.05) is 18.4 Å². The van der Waals surface area contributed by atoms with Crippen LogP contribution < -0.4 is 0 Å². The standard InChI is InChI=1S/C27H44O3/c1-20-3-6-22(7-4-20)9-10-23-13-15-26(16-14-23)27-29-18-25(19-30-27)12-11-24-8-5-21(2)28-17-24/h6,13,20-21,24-27H,3-5,7-12,14-19H2,1-2H3. The van der Waals surface area contributed by atoms with E-state index in [4.69, 9.17) is 14.2 Å². The summed E-state index contributed by atoms with van der Waals surface area (Å²) in [6, 6.07) is 0. The number of hydrogen-bond donors (Lipinski definition) is 0. The van der Waals surface area contributed by atoms with Crippen molar-refractivity contribution in [2.75, 3.05) is 19.8 Å². The van der Waals surface area contributed by atoms with Crippen LogP contribution in [-0.2, 0) is 14.2 Å². The molecule has 4 aliphatic rings. The molecule has 0 spiro atoms. The molecule has 170 valence electrons. The van der Waals surface area contributed by atoms with E-state index < -0.39 is 0 Å². The van der Waals surface area contributed by atoms with Gasteiger partial charge in [-0.1, -0.05) is 30.2 Å². The van der Waals surface area contributed by atoms with E-state index in [-0.39, 0.29) is 6.29 Å². The fraction of sp³-hybridized carbons (Fsp3) is 0.852. The Labute approximate surface area is 184 Å². The van der Waals surface area contributed by atoms with Gasteiger partial charge in [-0.2, -0.15) is 0 Å². The Balaban J connectivity index is 1.11. The van der Waals surface area contributed by atoms with Crippen LogP contribution in [0.25, 0.3) is 0 Å². The van der Waals surface area contributed by atoms with E-state index in [9.17, 15) is 0 Å². The third-order valence-corrected chi connectivity index (χ3v) is 8.04. The Morgan fingerprint density at radius 1 is 0.733 bits per heavy atom. The molecule has 0 radical (unpaired) electrons. The van der Waals surface area contributed by atoms with Gasteiger partial charge in [-0.25, -0.2) is 0 Å². The van der Waals surface area contributed by atoms with Crippen molar-refractivity contribution in [3.63, 3.8) is 0 Å². The fourth-order valence-corrected chi connectivity index (χ4v) is 5.58. The van der Waals surface area contributed by atoms with Gasteiger partial charge in [0.25, 0.3) is 0 Å². The number of rotatable bonds is 7. The first-order valence-corrected chi connectivity index (χ1v) is 12.9. The highest BCUT2D eigenvalue weighted by molar-refractivity contribution is 5.13. The molecule has 0 bridgehead atoms. The van der Waals surface area contributed by atoms with Crippen LogP contribution in [0.1, 0.15) is 90.9 Å². The average molecular weight is 417 g/mol. The highest BCUT2D eigenvalue weighted by Gasteiger charge is 2.31. The summed E-state index contributed by atoms with van der Waals surface area (Å²) in [5, 5.41) is 0. The second kappa shape index (κ2) is 11.3. The molecule has 0 aromatic heterocycles. The number of hydrogen-bond acceptors (Lipinski definition) is 3. The summed E-state index contributed by atoms with van der Waals surface area (Å²) in [7, 11) is 0. The van der Waals surface area contributed by atoms with Crippen molar-refractivity contribution in [1.29, 1.82) is 0 Å². The molecule has 4 unspecified atom stereocenters. The number of ether oxygens (including phenoxy) is 3. The molecule has 0 aromatic carbocycles. The van der Waals surface area contributed by atoms with Gasteiger partial charge in [-0.15, -0.1) is 0 Å². The first kappa shape index (κ1) is 22.6. The molecule has 2 heterocycles. The molecule has 3 nitrogen and oxygen atoms in total. The average Bonchev–Trinajstić information content (AvgIpc) is 2.79. The topological polar surface area (TPSA) is 27.7 Å². The second-order valence-electron chi connectivity index (χ2n) is 10.7. The molecule has 0 saturated carbocycles. The molecule has 0 N–H and O–H groups in total. The predicted octanol–water partition coefficient (Wildman–Crippen LogP) is 6.82. The normalized spacial score (nSPS) is 38.1. The Kier molecular flexibility index (Phi) is 8.49. The van der Waals surface area contributed by atoms with Crippen LogP contribution in [0, 0.1) is 23.7 Å². The first-order valence-electron chi connectivity index (χ1n) is 12.9. The van der Waals surface area contributed by atoms with Crippen LogP contribution in [0.4, 0.5) is 0 Å². The van der Waals surface area contributed by atoms with E-state index >= 15 is 0 Å². The minimum absolute atomic E-state index is 0.0282. The van der Waals surface area contributed by atoms with Gasteiger partial charge in [0.2, 0.25) is 0 Å². The molecule has 0 amide bonds. The third kappa shape index (κ3) is 6.68. The van der Waals surface area contributed by atoms with Gasteiger partial charge < -0.3 is 14.2 Å². The fourth-order valence-electron chi connectivity index (χ4n) is 5.58. The summed E-state index contributed by atoms with van der Waals surface area (Å²) in [5.41, 5.74) is 3.37. The van der Waals surface area contributed by atoms with Crippen LogP contribution in [0.5, 0.6) is 0 Å². The lowest BCUT2D eigenvalue weighted by Crippen LogP contribution is -2.38. The maximum Gasteiger partial charge on any atom is 0.160 e. The van der Waals surface area contributed by atoms with Crippen molar-refractivity contribution < 1.29 is 14.2 Å². The van der Waals surface area contributed by atoms with Crippen molar-refractivity contribution >= 4 is 0 Å². The summed E-state index contributed by atoms with van der Waals surface area (Å²) in [6.07, 6.45) is 20.7. The van der Waals surface area contributed by atoms with Gasteiger partial charge >= 0.3 is 0 Å². The highest BCUT2D eigenvalue weighted by atomic mass is 16.7. The second-order valence-corrected chi connectivity index (χ2v) is 10.7. The lowest BCUT2D eigenvalue weighted by Gasteiger charge is -2.36. The summed E-state index contributed by atoms with van der Waals surface area (Å²) < 4.78 is 18.2. The van der Waals surface area contributed by atoms with Crippen molar-refractivity contribution in [2.45, 2.75) is 103 Å². The van der Waals surface area contributed by atoms with Gasteiger partial charge in [-0.05, 0) is 95.8 Å². The van der Waals surface area contributed by atoms with Crippen LogP contribution in [0.3, 0.4) is 0 Å². The van der Waals surface area contributed by atoms with Crippen molar-refractivity contribution in [3.05, 3.63) is 23.3 Å². The van der Waals surface area contributed by atoms with Gasteiger partial charge in [0.1, 0.15) is 0 Å². The van der Waals surface area contributed by atoms with E-state index in [1.165, 1.54) is 70.6 Å². The zero-order valence-electron chi connectivity index (χ0n) is 19.5. The Bertz CT molecular complexity index is 579. The van der Waals surface area contributed by atoms with Crippen LogP contribution >= 0.6 is 0 Å². The minimum atomic E-state index is 0.0282. The molecular formula is C27H44O3. The summed E-state index contributed by atoms with van der Waals surface area (Å²) >= 11 is 0. The van der Waals surface area contributed by atoms with Gasteiger partial charge in [0.05, 0.1) is 19.3 Å². The Hall–Kier alpha value is -0.640. The molecule has 30 heavy (non-hydrogen) atoms. The highest BCUT2D eigenvalue weighted by Crippen LogP contribution is 2.34. The van der Waals surface area contributed by atoms with E-state index in [1.807, 2.05) is 0 Å². The molecule has 0 aromatic rings. The van der Waals surface area contributed by atoms with E-state index in [2.05, 4.69) is 26.0 Å². The predicted molar refractivity (Wildman–Crippen MR) is 122 cm³/mol. The molecule has 4 rings (SSSR count). The minimum Gasteiger partial charge on any atom is -0.378 e. The van der Waals surface area contributed by atoms with Crippen molar-refractivity contribution in [3.8, 4) is 0 Å². The van der Waals surface area contributed by atoms with Crippen LogP contribution in [-0.4, -0.2) is 32.2 Å². The summed E-state index contributed by atoms with van der Waals surface area (Å²) in [6.45, 7) is 7.28. The van der Waals surface area contributed by atoms with Gasteiger partial charge in [-0.3, -0.25) is 0 Å². The maximum absolute atomic E-state index is 6.20. The smallest absolute Gasteiger partial charge is 0.160 e. The lowest BCUT2D eigenvalue weighted by molar-refractivity contribution is -0.226. The quantitative estimate of drug-likeness (QED) is 0.426. The third-order valence-electron chi connectivity index (χ3n) is 8.04. The van der Waals surface area contributed by atoms with Gasteiger partial charge in [0.15, 0.2) is 6.29 Å². The van der Waals surface area contributed by atoms with Crippen molar-refractivity contribution in [1.82, 2.24) is 0 Å². The van der Waals surface area contributed by atoms with Crippen LogP contribution in [0.2, 0.25) is 0 Å². The molecular weight excluding hydrogens is 372 g/mol. The zero-order chi connectivity index (χ0) is 20.8. The maximum atomic E-state index is 6.20. The Morgan fingerprint density at radius 2 is 1.40 bits per heavy atom. The van der Waals surface area contributed by atoms with E-state index in [1.54, 1.807) is 11.1 Å². The van der Waals surface area contributed by atoms with Crippen LogP contribution in [0.15, 0.2) is 23.3 Å². The monoisotopic (exact) mass is 416 g/mol. The number of allylic oxidation sites excluding steroid dienone is 4. The van der Waals surface area contributed by atoms with Crippen molar-refractivity contribution in [2.24, 2.45) is 23.7 Å². The zero-order valence-corrected chi connectivity index (χ0v) is 19.5. The largest absolute Gasteiger partial charge is 0.378 e. The summed E-state index contributed by atoms with van der Waals surface area (Å²) in [4.78, 5) is 0. The Morgan fingerprint density at radius 3 is 2.00 bits per heavy atom. The van der Waals surface area contributed by atoms with E-state index in [0.29, 0.717) is 17.9 Å². The molecule has 4 atom stereocenters. The molecule has 2 saturated heterocycles. The molecule has 2 fully saturated rings. The molecule has 3 heteroatoms. The molecule has 2 aliphatic carbocycles. The lowest BCUT2D eigenvalue weighted by atomic mass is 9.84. The summed E-state index contributed by atoms with van der Waals surface area (Å²) in [5.74, 6) is 2.76. The first-order chi connectivity index (χ1) is 14.7.